The van der Waals surface area contributed by atoms with Gasteiger partial charge in [0.1, 0.15) is 13.0 Å². The molecule has 26 heavy (non-hydrogen) atoms. The maximum absolute atomic E-state index is 11.3. The third-order valence-electron chi connectivity index (χ3n) is 4.20. The van der Waals surface area contributed by atoms with Crippen LogP contribution in [0.1, 0.15) is 31.7 Å². The first kappa shape index (κ1) is 20.3. The quantitative estimate of drug-likeness (QED) is 0.676. The lowest BCUT2D eigenvalue weighted by Crippen LogP contribution is -2.25. The van der Waals surface area contributed by atoms with Gasteiger partial charge in [-0.1, -0.05) is 11.6 Å². The Balaban J connectivity index is 1.94. The second-order valence-electron chi connectivity index (χ2n) is 6.17. The lowest BCUT2D eigenvalue weighted by Gasteiger charge is -2.18. The normalized spacial score (nSPS) is 14.0. The second-order valence-corrected chi connectivity index (χ2v) is 6.58. The smallest absolute Gasteiger partial charge is 0.234 e. The highest BCUT2D eigenvalue weighted by atomic mass is 35.5. The predicted molar refractivity (Wildman–Crippen MR) is 101 cm³/mol. The zero-order chi connectivity index (χ0) is 18.8. The number of ether oxygens (including phenoxy) is 2. The molecule has 0 bridgehead atoms. The van der Waals surface area contributed by atoms with Crippen molar-refractivity contribution in [1.29, 1.82) is 5.26 Å². The molecule has 0 atom stereocenters. The molecule has 1 aromatic rings. The molecule has 0 radical (unpaired) electrons. The number of carbonyl (C=O) groups excluding carboxylic acids is 1. The molecule has 0 unspecified atom stereocenters. The first-order valence-electron chi connectivity index (χ1n) is 9.08. The van der Waals surface area contributed by atoms with Gasteiger partial charge in [-0.15, -0.1) is 0 Å². The number of likely N-dealkylation sites (tertiary alicyclic amines) is 1. The van der Waals surface area contributed by atoms with E-state index in [1.807, 2.05) is 25.1 Å². The minimum Gasteiger partial charge on any atom is -0.490 e. The summed E-state index contributed by atoms with van der Waals surface area (Å²) in [7, 11) is 0. The molecule has 0 saturated carbocycles. The number of nitrogens with one attached hydrogen (secondary N) is 1. The first-order chi connectivity index (χ1) is 12.6. The summed E-state index contributed by atoms with van der Waals surface area (Å²) in [6.45, 7) is 6.59. The van der Waals surface area contributed by atoms with Crippen molar-refractivity contribution in [2.45, 2.75) is 32.6 Å². The summed E-state index contributed by atoms with van der Waals surface area (Å²) in [6, 6.07) is 5.56. The number of halogens is 1. The largest absolute Gasteiger partial charge is 0.490 e. The van der Waals surface area contributed by atoms with E-state index in [2.05, 4.69) is 10.2 Å². The summed E-state index contributed by atoms with van der Waals surface area (Å²) in [5.41, 5.74) is 0.947. The molecular weight excluding hydrogens is 354 g/mol. The van der Waals surface area contributed by atoms with Crippen molar-refractivity contribution in [2.24, 2.45) is 0 Å². The second kappa shape index (κ2) is 10.9. The van der Waals surface area contributed by atoms with E-state index in [1.54, 1.807) is 0 Å². The highest BCUT2D eigenvalue weighted by Gasteiger charge is 2.15. The van der Waals surface area contributed by atoms with Gasteiger partial charge in [-0.25, -0.2) is 0 Å². The number of carbonyl (C=O) groups is 1. The molecule has 1 heterocycles. The topological polar surface area (TPSA) is 74.6 Å². The van der Waals surface area contributed by atoms with Crippen molar-refractivity contribution < 1.29 is 14.3 Å². The zero-order valence-corrected chi connectivity index (χ0v) is 16.0. The SMILES string of the molecule is CCOc1cc(CCNC(=O)CC#N)cc(Cl)c1OCCN1CCCC1. The molecule has 142 valence electrons. The Hall–Kier alpha value is -1.97. The molecule has 0 spiro atoms. The van der Waals surface area contributed by atoms with Crippen molar-refractivity contribution >= 4 is 17.5 Å². The Labute approximate surface area is 160 Å². The maximum Gasteiger partial charge on any atom is 0.234 e. The van der Waals surface area contributed by atoms with E-state index in [9.17, 15) is 4.79 Å². The van der Waals surface area contributed by atoms with Gasteiger partial charge in [0.2, 0.25) is 5.91 Å². The van der Waals surface area contributed by atoms with Crippen LogP contribution in [0.2, 0.25) is 5.02 Å². The van der Waals surface area contributed by atoms with Gasteiger partial charge >= 0.3 is 0 Å². The number of nitrogens with zero attached hydrogens (tertiary/aromatic N) is 2. The fourth-order valence-corrected chi connectivity index (χ4v) is 3.22. The fourth-order valence-electron chi connectivity index (χ4n) is 2.93. The van der Waals surface area contributed by atoms with Crippen molar-refractivity contribution in [3.8, 4) is 17.6 Å². The van der Waals surface area contributed by atoms with Crippen LogP contribution in [0.15, 0.2) is 12.1 Å². The van der Waals surface area contributed by atoms with Crippen LogP contribution in [0, 0.1) is 11.3 Å². The molecule has 1 aliphatic heterocycles. The van der Waals surface area contributed by atoms with Crippen LogP contribution in [-0.2, 0) is 11.2 Å². The highest BCUT2D eigenvalue weighted by Crippen LogP contribution is 2.36. The van der Waals surface area contributed by atoms with E-state index in [4.69, 9.17) is 26.3 Å². The standard InChI is InChI=1S/C19H26ClN3O3/c1-2-25-17-14-15(6-8-22-18(24)5-7-21)13-16(20)19(17)26-12-11-23-9-3-4-10-23/h13-14H,2-6,8-12H2,1H3,(H,22,24). The van der Waals surface area contributed by atoms with Gasteiger partial charge < -0.3 is 14.8 Å². The van der Waals surface area contributed by atoms with Gasteiger partial charge in [0, 0.05) is 13.1 Å². The number of nitriles is 1. The summed E-state index contributed by atoms with van der Waals surface area (Å²) in [5.74, 6) is 0.926. The molecule has 0 aliphatic carbocycles. The number of amides is 1. The van der Waals surface area contributed by atoms with Crippen LogP contribution in [0.4, 0.5) is 0 Å². The van der Waals surface area contributed by atoms with Gasteiger partial charge in [0.05, 0.1) is 17.7 Å². The van der Waals surface area contributed by atoms with E-state index >= 15 is 0 Å². The average Bonchev–Trinajstić information content (AvgIpc) is 3.11. The Kier molecular flexibility index (Phi) is 8.52. The third-order valence-corrected chi connectivity index (χ3v) is 4.48. The van der Waals surface area contributed by atoms with Gasteiger partial charge in [-0.3, -0.25) is 9.69 Å². The van der Waals surface area contributed by atoms with Crippen molar-refractivity contribution in [3.05, 3.63) is 22.7 Å². The van der Waals surface area contributed by atoms with Gasteiger partial charge in [0.15, 0.2) is 11.5 Å². The number of rotatable bonds is 10. The van der Waals surface area contributed by atoms with Crippen LogP contribution in [0.25, 0.3) is 0 Å². The number of benzene rings is 1. The van der Waals surface area contributed by atoms with Gasteiger partial charge in [-0.2, -0.15) is 5.26 Å². The van der Waals surface area contributed by atoms with Crippen LogP contribution in [-0.4, -0.2) is 50.2 Å². The summed E-state index contributed by atoms with van der Waals surface area (Å²) in [4.78, 5) is 13.7. The van der Waals surface area contributed by atoms with Crippen molar-refractivity contribution in [2.75, 3.05) is 39.4 Å². The molecule has 1 aliphatic rings. The van der Waals surface area contributed by atoms with Gasteiger partial charge in [-0.05, 0) is 57.0 Å². The summed E-state index contributed by atoms with van der Waals surface area (Å²) < 4.78 is 11.6. The molecule has 1 N–H and O–H groups in total. The summed E-state index contributed by atoms with van der Waals surface area (Å²) in [6.07, 6.45) is 2.98. The maximum atomic E-state index is 11.3. The summed E-state index contributed by atoms with van der Waals surface area (Å²) in [5, 5.41) is 11.7. The van der Waals surface area contributed by atoms with Crippen LogP contribution < -0.4 is 14.8 Å². The molecule has 0 aromatic heterocycles. The number of hydrogen-bond acceptors (Lipinski definition) is 5. The van der Waals surface area contributed by atoms with E-state index in [0.717, 1.165) is 25.2 Å². The van der Waals surface area contributed by atoms with Crippen LogP contribution >= 0.6 is 11.6 Å². The Morgan fingerprint density at radius 1 is 1.35 bits per heavy atom. The van der Waals surface area contributed by atoms with Crippen molar-refractivity contribution in [3.63, 3.8) is 0 Å². The van der Waals surface area contributed by atoms with E-state index in [-0.39, 0.29) is 12.3 Å². The molecule has 6 nitrogen and oxygen atoms in total. The number of hydrogen-bond donors (Lipinski definition) is 1. The monoisotopic (exact) mass is 379 g/mol. The van der Waals surface area contributed by atoms with E-state index in [0.29, 0.717) is 42.7 Å². The molecule has 1 aromatic carbocycles. The highest BCUT2D eigenvalue weighted by molar-refractivity contribution is 6.32. The average molecular weight is 380 g/mol. The van der Waals surface area contributed by atoms with E-state index < -0.39 is 0 Å². The zero-order valence-electron chi connectivity index (χ0n) is 15.2. The van der Waals surface area contributed by atoms with E-state index in [1.165, 1.54) is 12.8 Å². The molecule has 2 rings (SSSR count). The fraction of sp³-hybridized carbons (Fsp3) is 0.579. The minimum atomic E-state index is -0.273. The summed E-state index contributed by atoms with van der Waals surface area (Å²) >= 11 is 6.41. The lowest BCUT2D eigenvalue weighted by molar-refractivity contribution is -0.120. The third kappa shape index (κ3) is 6.40. The Morgan fingerprint density at radius 2 is 2.12 bits per heavy atom. The molecule has 1 fully saturated rings. The molecule has 1 saturated heterocycles. The molecule has 7 heteroatoms. The molecular formula is C19H26ClN3O3. The first-order valence-corrected chi connectivity index (χ1v) is 9.45. The van der Waals surface area contributed by atoms with Gasteiger partial charge in [0.25, 0.3) is 0 Å². The Morgan fingerprint density at radius 3 is 2.81 bits per heavy atom. The van der Waals surface area contributed by atoms with Crippen molar-refractivity contribution in [1.82, 2.24) is 10.2 Å². The van der Waals surface area contributed by atoms with Crippen LogP contribution in [0.3, 0.4) is 0 Å². The lowest BCUT2D eigenvalue weighted by atomic mass is 10.1. The van der Waals surface area contributed by atoms with Crippen LogP contribution in [0.5, 0.6) is 11.5 Å². The predicted octanol–water partition coefficient (Wildman–Crippen LogP) is 2.79. The Bertz CT molecular complexity index is 640. The molecule has 1 amide bonds. The minimum absolute atomic E-state index is 0.130.